The van der Waals surface area contributed by atoms with Gasteiger partial charge in [-0.05, 0) is 24.6 Å². The summed E-state index contributed by atoms with van der Waals surface area (Å²) in [5.74, 6) is 0.585. The van der Waals surface area contributed by atoms with Crippen molar-refractivity contribution in [2.45, 2.75) is 6.92 Å². The molecule has 2 aromatic rings. The molecular weight excluding hydrogens is 230 g/mol. The number of methoxy groups -OCH3 is 1. The van der Waals surface area contributed by atoms with Gasteiger partial charge in [-0.15, -0.1) is 0 Å². The summed E-state index contributed by atoms with van der Waals surface area (Å²) in [7, 11) is 3.36. The van der Waals surface area contributed by atoms with E-state index in [9.17, 15) is 0 Å². The predicted octanol–water partition coefficient (Wildman–Crippen LogP) is 1.54. The third-order valence-corrected chi connectivity index (χ3v) is 2.49. The number of hydrogen-bond acceptors (Lipinski definition) is 6. The quantitative estimate of drug-likeness (QED) is 0.883. The zero-order valence-corrected chi connectivity index (χ0v) is 10.6. The number of anilines is 3. The van der Waals surface area contributed by atoms with E-state index in [0.717, 1.165) is 11.3 Å². The second-order valence-electron chi connectivity index (χ2n) is 3.88. The first-order valence-corrected chi connectivity index (χ1v) is 5.46. The summed E-state index contributed by atoms with van der Waals surface area (Å²) in [4.78, 5) is 13.9. The Kier molecular flexibility index (Phi) is 3.27. The van der Waals surface area contributed by atoms with Crippen LogP contribution in [0.4, 0.5) is 17.6 Å². The van der Waals surface area contributed by atoms with Crippen molar-refractivity contribution < 1.29 is 4.74 Å². The van der Waals surface area contributed by atoms with E-state index in [4.69, 9.17) is 10.5 Å². The molecule has 0 saturated carbocycles. The molecule has 1 aromatic carbocycles. The molecule has 2 N–H and O–H groups in total. The fraction of sp³-hybridized carbons (Fsp3) is 0.250. The Balaban J connectivity index is 2.39. The molecule has 0 unspecified atom stereocenters. The molecule has 0 aliphatic heterocycles. The molecule has 6 heteroatoms. The normalized spacial score (nSPS) is 10.2. The molecule has 0 radical (unpaired) electrons. The van der Waals surface area contributed by atoms with Gasteiger partial charge in [-0.3, -0.25) is 0 Å². The van der Waals surface area contributed by atoms with Crippen LogP contribution in [0.15, 0.2) is 24.3 Å². The number of nitrogen functional groups attached to an aromatic ring is 1. The van der Waals surface area contributed by atoms with E-state index in [0.29, 0.717) is 5.95 Å². The number of rotatable bonds is 3. The Bertz CT molecular complexity index is 558. The van der Waals surface area contributed by atoms with E-state index in [1.807, 2.05) is 43.1 Å². The Morgan fingerprint density at radius 2 is 2.00 bits per heavy atom. The standard InChI is InChI=1S/C12H15N5O/c1-8-5-4-6-9(7-8)17(2)11-14-10(13)15-12(16-11)18-3/h4-7H,1-3H3,(H2,13,14,15,16). The minimum absolute atomic E-state index is 0.136. The van der Waals surface area contributed by atoms with Crippen LogP contribution in [0.2, 0.25) is 0 Å². The highest BCUT2D eigenvalue weighted by Crippen LogP contribution is 2.22. The molecular formula is C12H15N5O. The Hall–Kier alpha value is -2.37. The molecule has 0 aliphatic carbocycles. The SMILES string of the molecule is COc1nc(N)nc(N(C)c2cccc(C)c2)n1. The molecule has 0 amide bonds. The van der Waals surface area contributed by atoms with Crippen LogP contribution in [0.25, 0.3) is 0 Å². The van der Waals surface area contributed by atoms with Crippen LogP contribution in [-0.2, 0) is 0 Å². The van der Waals surface area contributed by atoms with Gasteiger partial charge in [0.2, 0.25) is 11.9 Å². The third kappa shape index (κ3) is 2.48. The Morgan fingerprint density at radius 1 is 1.22 bits per heavy atom. The fourth-order valence-corrected chi connectivity index (χ4v) is 1.55. The Morgan fingerprint density at radius 3 is 2.67 bits per heavy atom. The second-order valence-corrected chi connectivity index (χ2v) is 3.88. The van der Waals surface area contributed by atoms with Crippen LogP contribution in [0.3, 0.4) is 0 Å². The molecule has 0 bridgehead atoms. The van der Waals surface area contributed by atoms with Crippen LogP contribution in [-0.4, -0.2) is 29.1 Å². The van der Waals surface area contributed by atoms with E-state index in [2.05, 4.69) is 15.0 Å². The smallest absolute Gasteiger partial charge is 0.322 e. The minimum atomic E-state index is 0.136. The minimum Gasteiger partial charge on any atom is -0.467 e. The third-order valence-electron chi connectivity index (χ3n) is 2.49. The molecule has 0 atom stereocenters. The van der Waals surface area contributed by atoms with Crippen LogP contribution in [0.5, 0.6) is 6.01 Å². The lowest BCUT2D eigenvalue weighted by Gasteiger charge is -2.17. The van der Waals surface area contributed by atoms with Gasteiger partial charge in [-0.2, -0.15) is 15.0 Å². The lowest BCUT2D eigenvalue weighted by atomic mass is 10.2. The van der Waals surface area contributed by atoms with Gasteiger partial charge in [0.15, 0.2) is 0 Å². The lowest BCUT2D eigenvalue weighted by Crippen LogP contribution is -2.15. The maximum atomic E-state index is 5.61. The van der Waals surface area contributed by atoms with Crippen molar-refractivity contribution in [2.75, 3.05) is 24.8 Å². The highest BCUT2D eigenvalue weighted by molar-refractivity contribution is 5.57. The first kappa shape index (κ1) is 12.1. The van der Waals surface area contributed by atoms with E-state index in [1.54, 1.807) is 0 Å². The summed E-state index contributed by atoms with van der Waals surface area (Å²) in [5.41, 5.74) is 7.75. The van der Waals surface area contributed by atoms with Gasteiger partial charge in [0.25, 0.3) is 0 Å². The largest absolute Gasteiger partial charge is 0.467 e. The highest BCUT2D eigenvalue weighted by Gasteiger charge is 2.10. The number of nitrogens with zero attached hydrogens (tertiary/aromatic N) is 4. The van der Waals surface area contributed by atoms with Crippen molar-refractivity contribution in [1.82, 2.24) is 15.0 Å². The summed E-state index contributed by atoms with van der Waals surface area (Å²) < 4.78 is 4.98. The summed E-state index contributed by atoms with van der Waals surface area (Å²) in [5, 5.41) is 0. The first-order chi connectivity index (χ1) is 8.60. The predicted molar refractivity (Wildman–Crippen MR) is 70.0 cm³/mol. The number of aromatic nitrogens is 3. The molecule has 0 fully saturated rings. The van der Waals surface area contributed by atoms with Crippen LogP contribution in [0.1, 0.15) is 5.56 Å². The molecule has 0 aliphatic rings. The van der Waals surface area contributed by atoms with E-state index in [-0.39, 0.29) is 12.0 Å². The van der Waals surface area contributed by atoms with E-state index >= 15 is 0 Å². The molecule has 6 nitrogen and oxygen atoms in total. The van der Waals surface area contributed by atoms with Gasteiger partial charge in [0.05, 0.1) is 7.11 Å². The zero-order valence-electron chi connectivity index (χ0n) is 10.6. The average Bonchev–Trinajstić information content (AvgIpc) is 2.37. The average molecular weight is 245 g/mol. The summed E-state index contributed by atoms with van der Waals surface area (Å²) >= 11 is 0. The first-order valence-electron chi connectivity index (χ1n) is 5.46. The number of nitrogens with two attached hydrogens (primary N) is 1. The van der Waals surface area contributed by atoms with Crippen molar-refractivity contribution >= 4 is 17.6 Å². The van der Waals surface area contributed by atoms with Gasteiger partial charge in [-0.1, -0.05) is 12.1 Å². The maximum Gasteiger partial charge on any atom is 0.322 e. The number of aryl methyl sites for hydroxylation is 1. The molecule has 94 valence electrons. The second kappa shape index (κ2) is 4.87. The molecule has 2 rings (SSSR count). The van der Waals surface area contributed by atoms with Crippen molar-refractivity contribution in [3.8, 4) is 6.01 Å². The van der Waals surface area contributed by atoms with Crippen LogP contribution < -0.4 is 15.4 Å². The summed E-state index contributed by atoms with van der Waals surface area (Å²) in [6.07, 6.45) is 0. The Labute approximate surface area is 105 Å². The van der Waals surface area contributed by atoms with Gasteiger partial charge in [0.1, 0.15) is 0 Å². The van der Waals surface area contributed by atoms with Crippen molar-refractivity contribution in [3.05, 3.63) is 29.8 Å². The molecule has 1 heterocycles. The van der Waals surface area contributed by atoms with E-state index in [1.165, 1.54) is 7.11 Å². The van der Waals surface area contributed by atoms with Gasteiger partial charge in [-0.25, -0.2) is 0 Å². The highest BCUT2D eigenvalue weighted by atomic mass is 16.5. The van der Waals surface area contributed by atoms with Gasteiger partial charge < -0.3 is 15.4 Å². The van der Waals surface area contributed by atoms with E-state index < -0.39 is 0 Å². The van der Waals surface area contributed by atoms with Crippen molar-refractivity contribution in [1.29, 1.82) is 0 Å². The van der Waals surface area contributed by atoms with Crippen molar-refractivity contribution in [3.63, 3.8) is 0 Å². The molecule has 0 saturated heterocycles. The zero-order chi connectivity index (χ0) is 13.1. The van der Waals surface area contributed by atoms with Gasteiger partial charge in [0, 0.05) is 12.7 Å². The maximum absolute atomic E-state index is 5.61. The molecule has 18 heavy (non-hydrogen) atoms. The summed E-state index contributed by atoms with van der Waals surface area (Å²) in [6, 6.07) is 8.21. The number of ether oxygens (including phenoxy) is 1. The van der Waals surface area contributed by atoms with Gasteiger partial charge >= 0.3 is 6.01 Å². The molecule has 1 aromatic heterocycles. The lowest BCUT2D eigenvalue weighted by molar-refractivity contribution is 0.379. The number of benzene rings is 1. The topological polar surface area (TPSA) is 77.2 Å². The van der Waals surface area contributed by atoms with Crippen molar-refractivity contribution in [2.24, 2.45) is 0 Å². The monoisotopic (exact) mass is 245 g/mol. The van der Waals surface area contributed by atoms with Crippen LogP contribution >= 0.6 is 0 Å². The number of hydrogen-bond donors (Lipinski definition) is 1. The fourth-order valence-electron chi connectivity index (χ4n) is 1.55. The molecule has 0 spiro atoms. The van der Waals surface area contributed by atoms with Crippen LogP contribution in [0, 0.1) is 6.92 Å². The summed E-state index contributed by atoms with van der Waals surface area (Å²) in [6.45, 7) is 2.03.